The number of aromatic nitrogens is 2. The molecule has 2 aromatic carbocycles. The SMILES string of the molecule is Cc1ccc(N2CC(C(=O)N3CCC(c4noc(-c5cccc(C)c5)n4)CC3)CC2=O)cc1. The van der Waals surface area contributed by atoms with E-state index in [9.17, 15) is 9.59 Å². The van der Waals surface area contributed by atoms with Crippen molar-refractivity contribution in [2.75, 3.05) is 24.5 Å². The predicted molar refractivity (Wildman–Crippen MR) is 125 cm³/mol. The maximum atomic E-state index is 13.1. The quantitative estimate of drug-likeness (QED) is 0.605. The molecule has 0 spiro atoms. The van der Waals surface area contributed by atoms with Crippen molar-refractivity contribution in [1.82, 2.24) is 15.0 Å². The fourth-order valence-corrected chi connectivity index (χ4v) is 4.76. The summed E-state index contributed by atoms with van der Waals surface area (Å²) in [5.41, 5.74) is 4.07. The Balaban J connectivity index is 1.19. The zero-order valence-corrected chi connectivity index (χ0v) is 19.0. The van der Waals surface area contributed by atoms with E-state index >= 15 is 0 Å². The van der Waals surface area contributed by atoms with Gasteiger partial charge in [-0.15, -0.1) is 0 Å². The molecule has 0 radical (unpaired) electrons. The van der Waals surface area contributed by atoms with Crippen molar-refractivity contribution in [3.63, 3.8) is 0 Å². The van der Waals surface area contributed by atoms with Crippen LogP contribution in [0.4, 0.5) is 5.69 Å². The summed E-state index contributed by atoms with van der Waals surface area (Å²) in [5.74, 6) is 1.22. The van der Waals surface area contributed by atoms with Gasteiger partial charge in [-0.3, -0.25) is 9.59 Å². The van der Waals surface area contributed by atoms with Crippen molar-refractivity contribution in [2.45, 2.75) is 39.0 Å². The second kappa shape index (κ2) is 8.81. The van der Waals surface area contributed by atoms with E-state index < -0.39 is 0 Å². The first-order valence-corrected chi connectivity index (χ1v) is 11.5. The number of rotatable bonds is 4. The standard InChI is InChI=1S/C26H28N4O3/c1-17-6-8-22(9-7-17)30-16-21(15-23(30)31)26(32)29-12-10-19(11-13-29)24-27-25(33-28-24)20-5-3-4-18(2)14-20/h3-9,14,19,21H,10-13,15-16H2,1-2H3. The smallest absolute Gasteiger partial charge is 0.257 e. The van der Waals surface area contributed by atoms with Crippen LogP contribution in [0, 0.1) is 19.8 Å². The van der Waals surface area contributed by atoms with Gasteiger partial charge in [0, 0.05) is 43.2 Å². The second-order valence-corrected chi connectivity index (χ2v) is 9.17. The fraction of sp³-hybridized carbons (Fsp3) is 0.385. The first-order valence-electron chi connectivity index (χ1n) is 11.5. The van der Waals surface area contributed by atoms with E-state index in [4.69, 9.17) is 4.52 Å². The number of nitrogens with zero attached hydrogens (tertiary/aromatic N) is 4. The van der Waals surface area contributed by atoms with Crippen molar-refractivity contribution in [2.24, 2.45) is 5.92 Å². The number of piperidine rings is 1. The molecule has 1 unspecified atom stereocenters. The molecule has 3 aromatic rings. The van der Waals surface area contributed by atoms with Crippen LogP contribution in [-0.2, 0) is 9.59 Å². The van der Waals surface area contributed by atoms with E-state index in [1.807, 2.05) is 67.3 Å². The highest BCUT2D eigenvalue weighted by Crippen LogP contribution is 2.31. The van der Waals surface area contributed by atoms with Crippen LogP contribution < -0.4 is 4.90 Å². The number of aryl methyl sites for hydroxylation is 2. The van der Waals surface area contributed by atoms with Gasteiger partial charge in [-0.25, -0.2) is 0 Å². The molecule has 2 amide bonds. The zero-order valence-electron chi connectivity index (χ0n) is 19.0. The molecule has 33 heavy (non-hydrogen) atoms. The molecule has 1 aromatic heterocycles. The van der Waals surface area contributed by atoms with Gasteiger partial charge in [0.25, 0.3) is 5.89 Å². The van der Waals surface area contributed by atoms with E-state index in [0.29, 0.717) is 31.3 Å². The molecule has 7 nitrogen and oxygen atoms in total. The third-order valence-corrected chi connectivity index (χ3v) is 6.70. The Morgan fingerprint density at radius 2 is 1.79 bits per heavy atom. The largest absolute Gasteiger partial charge is 0.342 e. The zero-order chi connectivity index (χ0) is 22.9. The van der Waals surface area contributed by atoms with Crippen LogP contribution in [0.1, 0.15) is 42.1 Å². The molecule has 0 N–H and O–H groups in total. The Bertz CT molecular complexity index is 1160. The average molecular weight is 445 g/mol. The molecule has 1 atom stereocenters. The van der Waals surface area contributed by atoms with E-state index in [1.165, 1.54) is 0 Å². The van der Waals surface area contributed by atoms with Gasteiger partial charge < -0.3 is 14.3 Å². The maximum Gasteiger partial charge on any atom is 0.257 e. The molecule has 2 fully saturated rings. The number of likely N-dealkylation sites (tertiary alicyclic amines) is 1. The summed E-state index contributed by atoms with van der Waals surface area (Å²) in [5, 5.41) is 4.21. The van der Waals surface area contributed by atoms with Crippen molar-refractivity contribution in [1.29, 1.82) is 0 Å². The van der Waals surface area contributed by atoms with Gasteiger partial charge in [-0.05, 0) is 51.0 Å². The van der Waals surface area contributed by atoms with Crippen molar-refractivity contribution >= 4 is 17.5 Å². The van der Waals surface area contributed by atoms with Gasteiger partial charge in [0.2, 0.25) is 11.8 Å². The fourth-order valence-electron chi connectivity index (χ4n) is 4.76. The van der Waals surface area contributed by atoms with E-state index in [-0.39, 0.29) is 30.1 Å². The summed E-state index contributed by atoms with van der Waals surface area (Å²) in [4.78, 5) is 34.0. The molecule has 3 heterocycles. The minimum atomic E-state index is -0.284. The lowest BCUT2D eigenvalue weighted by Crippen LogP contribution is -2.42. The van der Waals surface area contributed by atoms with E-state index in [2.05, 4.69) is 10.1 Å². The summed E-state index contributed by atoms with van der Waals surface area (Å²) in [6.45, 7) is 5.79. The van der Waals surface area contributed by atoms with Gasteiger partial charge in [0.1, 0.15) is 0 Å². The molecule has 2 aliphatic rings. The number of amides is 2. The molecule has 0 bridgehead atoms. The van der Waals surface area contributed by atoms with Crippen molar-refractivity contribution in [3.05, 3.63) is 65.5 Å². The van der Waals surface area contributed by atoms with Crippen LogP contribution >= 0.6 is 0 Å². The number of carbonyl (C=O) groups excluding carboxylic acids is 2. The number of hydrogen-bond acceptors (Lipinski definition) is 5. The monoisotopic (exact) mass is 444 g/mol. The minimum absolute atomic E-state index is 0.0163. The molecule has 5 rings (SSSR count). The molecule has 0 saturated carbocycles. The number of benzene rings is 2. The molecule has 2 aliphatic heterocycles. The van der Waals surface area contributed by atoms with Crippen LogP contribution in [0.5, 0.6) is 0 Å². The van der Waals surface area contributed by atoms with Gasteiger partial charge >= 0.3 is 0 Å². The Labute approximate surface area is 193 Å². The normalized spacial score (nSPS) is 19.3. The molecular weight excluding hydrogens is 416 g/mol. The molecule has 0 aliphatic carbocycles. The number of anilines is 1. The Hall–Kier alpha value is -3.48. The molecule has 7 heteroatoms. The second-order valence-electron chi connectivity index (χ2n) is 9.17. The van der Waals surface area contributed by atoms with Crippen LogP contribution in [0.2, 0.25) is 0 Å². The highest BCUT2D eigenvalue weighted by molar-refractivity contribution is 6.00. The summed E-state index contributed by atoms with van der Waals surface area (Å²) >= 11 is 0. The lowest BCUT2D eigenvalue weighted by Gasteiger charge is -2.32. The summed E-state index contributed by atoms with van der Waals surface area (Å²) in [6.07, 6.45) is 1.86. The highest BCUT2D eigenvalue weighted by Gasteiger charge is 2.38. The van der Waals surface area contributed by atoms with Crippen molar-refractivity contribution < 1.29 is 14.1 Å². The summed E-state index contributed by atoms with van der Waals surface area (Å²) < 4.78 is 5.50. The molecule has 2 saturated heterocycles. The van der Waals surface area contributed by atoms with Gasteiger partial charge in [-0.2, -0.15) is 4.98 Å². The lowest BCUT2D eigenvalue weighted by atomic mass is 9.95. The summed E-state index contributed by atoms with van der Waals surface area (Å²) in [6, 6.07) is 15.9. The predicted octanol–water partition coefficient (Wildman–Crippen LogP) is 4.11. The average Bonchev–Trinajstić information content (AvgIpc) is 3.47. The van der Waals surface area contributed by atoms with Crippen LogP contribution in [0.15, 0.2) is 53.1 Å². The minimum Gasteiger partial charge on any atom is -0.342 e. The topological polar surface area (TPSA) is 79.5 Å². The first-order chi connectivity index (χ1) is 16.0. The van der Waals surface area contributed by atoms with E-state index in [0.717, 1.165) is 35.2 Å². The number of carbonyl (C=O) groups is 2. The van der Waals surface area contributed by atoms with Crippen LogP contribution in [-0.4, -0.2) is 46.5 Å². The van der Waals surface area contributed by atoms with E-state index in [1.54, 1.807) is 4.90 Å². The first kappa shape index (κ1) is 21.4. The Kier molecular flexibility index (Phi) is 5.70. The summed E-state index contributed by atoms with van der Waals surface area (Å²) in [7, 11) is 0. The molecular formula is C26H28N4O3. The third-order valence-electron chi connectivity index (χ3n) is 6.70. The number of hydrogen-bond donors (Lipinski definition) is 0. The van der Waals surface area contributed by atoms with Crippen molar-refractivity contribution in [3.8, 4) is 11.5 Å². The van der Waals surface area contributed by atoms with Gasteiger partial charge in [-0.1, -0.05) is 40.5 Å². The Morgan fingerprint density at radius 1 is 1.03 bits per heavy atom. The third kappa shape index (κ3) is 4.40. The Morgan fingerprint density at radius 3 is 2.52 bits per heavy atom. The lowest BCUT2D eigenvalue weighted by molar-refractivity contribution is -0.136. The van der Waals surface area contributed by atoms with Gasteiger partial charge in [0.05, 0.1) is 5.92 Å². The van der Waals surface area contributed by atoms with Crippen LogP contribution in [0.3, 0.4) is 0 Å². The van der Waals surface area contributed by atoms with Gasteiger partial charge in [0.15, 0.2) is 5.82 Å². The van der Waals surface area contributed by atoms with Crippen LogP contribution in [0.25, 0.3) is 11.5 Å². The molecule has 170 valence electrons. The highest BCUT2D eigenvalue weighted by atomic mass is 16.5. The maximum absolute atomic E-state index is 13.1.